The minimum Gasteiger partial charge on any atom is -0.478 e. The second-order valence-corrected chi connectivity index (χ2v) is 5.10. The molecule has 2 atom stereocenters. The van der Waals surface area contributed by atoms with E-state index in [-0.39, 0.29) is 12.2 Å². The molecule has 0 bridgehead atoms. The summed E-state index contributed by atoms with van der Waals surface area (Å²) in [7, 11) is 0. The summed E-state index contributed by atoms with van der Waals surface area (Å²) in [6.45, 7) is 0.968. The lowest BCUT2D eigenvalue weighted by Gasteiger charge is -2.30. The van der Waals surface area contributed by atoms with E-state index in [1.165, 1.54) is 25.1 Å². The molecule has 0 saturated heterocycles. The summed E-state index contributed by atoms with van der Waals surface area (Å²) in [4.78, 5) is 15.0. The van der Waals surface area contributed by atoms with Crippen molar-refractivity contribution in [3.8, 4) is 0 Å². The number of nitrogens with zero attached hydrogens (tertiary/aromatic N) is 1. The van der Waals surface area contributed by atoms with Gasteiger partial charge in [-0.2, -0.15) is 0 Å². The molecule has 2 rings (SSSR count). The largest absolute Gasteiger partial charge is 0.478 e. The van der Waals surface area contributed by atoms with E-state index in [0.717, 1.165) is 19.4 Å². The number of aliphatic hydroxyl groups is 1. The predicted molar refractivity (Wildman–Crippen MR) is 72.2 cm³/mol. The minimum atomic E-state index is -0.948. The summed E-state index contributed by atoms with van der Waals surface area (Å²) < 4.78 is 0. The van der Waals surface area contributed by atoms with Gasteiger partial charge in [-0.1, -0.05) is 12.8 Å². The number of rotatable bonds is 5. The standard InChI is InChI=1S/C14H20N2O3/c17-9-12-4-2-1-3-11(12)8-16-13-7-10(14(18)19)5-6-15-13/h5-7,11-12,17H,1-4,8-9H2,(H,15,16)(H,18,19). The number of nitrogens with one attached hydrogen (secondary N) is 1. The molecule has 3 N–H and O–H groups in total. The number of hydrogen-bond acceptors (Lipinski definition) is 4. The highest BCUT2D eigenvalue weighted by Crippen LogP contribution is 2.29. The molecule has 0 aromatic carbocycles. The van der Waals surface area contributed by atoms with Gasteiger partial charge in [0.1, 0.15) is 5.82 Å². The molecule has 0 spiro atoms. The molecule has 1 aromatic rings. The van der Waals surface area contributed by atoms with Gasteiger partial charge in [-0.25, -0.2) is 9.78 Å². The normalized spacial score (nSPS) is 23.0. The van der Waals surface area contributed by atoms with Crippen LogP contribution in [0.5, 0.6) is 0 Å². The van der Waals surface area contributed by atoms with E-state index in [4.69, 9.17) is 5.11 Å². The third-order valence-corrected chi connectivity index (χ3v) is 3.85. The SMILES string of the molecule is O=C(O)c1ccnc(NCC2CCCCC2CO)c1. The molecule has 1 aliphatic carbocycles. The summed E-state index contributed by atoms with van der Waals surface area (Å²) in [5.74, 6) is 0.427. The Balaban J connectivity index is 1.94. The third-order valence-electron chi connectivity index (χ3n) is 3.85. The van der Waals surface area contributed by atoms with E-state index < -0.39 is 5.97 Å². The molecule has 1 heterocycles. The molecule has 5 heteroatoms. The topological polar surface area (TPSA) is 82.5 Å². The second kappa shape index (κ2) is 6.52. The maximum atomic E-state index is 10.9. The first kappa shape index (κ1) is 13.8. The van der Waals surface area contributed by atoms with Crippen LogP contribution in [0.15, 0.2) is 18.3 Å². The lowest BCUT2D eigenvalue weighted by atomic mass is 9.79. The third kappa shape index (κ3) is 3.67. The summed E-state index contributed by atoms with van der Waals surface area (Å²) in [5.41, 5.74) is 0.236. The second-order valence-electron chi connectivity index (χ2n) is 5.10. The first-order chi connectivity index (χ1) is 9.20. The first-order valence-corrected chi connectivity index (χ1v) is 6.75. The minimum absolute atomic E-state index is 0.231. The Morgan fingerprint density at radius 1 is 1.37 bits per heavy atom. The maximum absolute atomic E-state index is 10.9. The highest BCUT2D eigenvalue weighted by atomic mass is 16.4. The zero-order valence-electron chi connectivity index (χ0n) is 10.9. The molecule has 5 nitrogen and oxygen atoms in total. The van der Waals surface area contributed by atoms with Crippen molar-refractivity contribution in [1.82, 2.24) is 4.98 Å². The van der Waals surface area contributed by atoms with Gasteiger partial charge in [-0.3, -0.25) is 0 Å². The van der Waals surface area contributed by atoms with Crippen LogP contribution in [0.1, 0.15) is 36.0 Å². The van der Waals surface area contributed by atoms with Crippen LogP contribution in [0.2, 0.25) is 0 Å². The molecule has 1 saturated carbocycles. The number of aliphatic hydroxyl groups excluding tert-OH is 1. The van der Waals surface area contributed by atoms with Gasteiger partial charge in [0.25, 0.3) is 0 Å². The number of carboxylic acids is 1. The van der Waals surface area contributed by atoms with Crippen LogP contribution in [-0.4, -0.2) is 34.3 Å². The highest BCUT2D eigenvalue weighted by Gasteiger charge is 2.24. The summed E-state index contributed by atoms with van der Waals surface area (Å²) >= 11 is 0. The van der Waals surface area contributed by atoms with E-state index in [1.54, 1.807) is 6.07 Å². The number of hydrogen-bond donors (Lipinski definition) is 3. The lowest BCUT2D eigenvalue weighted by Crippen LogP contribution is -2.28. The van der Waals surface area contributed by atoms with Gasteiger partial charge in [0.05, 0.1) is 5.56 Å². The Morgan fingerprint density at radius 3 is 2.79 bits per heavy atom. The molecule has 104 valence electrons. The number of pyridine rings is 1. The summed E-state index contributed by atoms with van der Waals surface area (Å²) in [6.07, 6.45) is 6.07. The fourth-order valence-corrected chi connectivity index (χ4v) is 2.69. The van der Waals surface area contributed by atoms with Gasteiger partial charge in [-0.15, -0.1) is 0 Å². The van der Waals surface area contributed by atoms with Crippen LogP contribution >= 0.6 is 0 Å². The number of carbonyl (C=O) groups is 1. The molecular weight excluding hydrogens is 244 g/mol. The zero-order chi connectivity index (χ0) is 13.7. The summed E-state index contributed by atoms with van der Waals surface area (Å²) in [6, 6.07) is 3.02. The Hall–Kier alpha value is -1.62. The molecule has 1 fully saturated rings. The smallest absolute Gasteiger partial charge is 0.335 e. The van der Waals surface area contributed by atoms with Gasteiger partial charge < -0.3 is 15.5 Å². The quantitative estimate of drug-likeness (QED) is 0.757. The Kier molecular flexibility index (Phi) is 4.74. The molecule has 0 aliphatic heterocycles. The molecule has 1 aromatic heterocycles. The zero-order valence-corrected chi connectivity index (χ0v) is 10.9. The molecule has 2 unspecified atom stereocenters. The number of carboxylic acid groups (broad SMARTS) is 1. The highest BCUT2D eigenvalue weighted by molar-refractivity contribution is 5.88. The van der Waals surface area contributed by atoms with Crippen molar-refractivity contribution in [2.45, 2.75) is 25.7 Å². The van der Waals surface area contributed by atoms with Crippen molar-refractivity contribution in [2.75, 3.05) is 18.5 Å². The van der Waals surface area contributed by atoms with E-state index in [0.29, 0.717) is 17.7 Å². The summed E-state index contributed by atoms with van der Waals surface area (Å²) in [5, 5.41) is 21.5. The van der Waals surface area contributed by atoms with Gasteiger partial charge in [-0.05, 0) is 36.8 Å². The van der Waals surface area contributed by atoms with Gasteiger partial charge in [0.15, 0.2) is 0 Å². The van der Waals surface area contributed by atoms with Crippen molar-refractivity contribution in [3.05, 3.63) is 23.9 Å². The monoisotopic (exact) mass is 264 g/mol. The fourth-order valence-electron chi connectivity index (χ4n) is 2.69. The van der Waals surface area contributed by atoms with E-state index >= 15 is 0 Å². The average Bonchev–Trinajstić information content (AvgIpc) is 2.45. The van der Waals surface area contributed by atoms with Crippen molar-refractivity contribution >= 4 is 11.8 Å². The average molecular weight is 264 g/mol. The predicted octanol–water partition coefficient (Wildman–Crippen LogP) is 1.99. The van der Waals surface area contributed by atoms with Crippen LogP contribution < -0.4 is 5.32 Å². The van der Waals surface area contributed by atoms with Crippen LogP contribution in [0, 0.1) is 11.8 Å². The van der Waals surface area contributed by atoms with Gasteiger partial charge in [0, 0.05) is 19.3 Å². The lowest BCUT2D eigenvalue weighted by molar-refractivity contribution is 0.0697. The number of anilines is 1. The molecule has 0 amide bonds. The van der Waals surface area contributed by atoms with Crippen LogP contribution in [-0.2, 0) is 0 Å². The van der Waals surface area contributed by atoms with E-state index in [1.807, 2.05) is 0 Å². The number of aromatic carboxylic acids is 1. The Labute approximate surface area is 112 Å². The Morgan fingerprint density at radius 2 is 2.11 bits per heavy atom. The van der Waals surface area contributed by atoms with Crippen LogP contribution in [0.4, 0.5) is 5.82 Å². The van der Waals surface area contributed by atoms with Crippen molar-refractivity contribution in [3.63, 3.8) is 0 Å². The van der Waals surface area contributed by atoms with E-state index in [9.17, 15) is 9.90 Å². The maximum Gasteiger partial charge on any atom is 0.335 e. The Bertz CT molecular complexity index is 436. The van der Waals surface area contributed by atoms with E-state index in [2.05, 4.69) is 10.3 Å². The van der Waals surface area contributed by atoms with Gasteiger partial charge in [0.2, 0.25) is 0 Å². The van der Waals surface area contributed by atoms with Gasteiger partial charge >= 0.3 is 5.97 Å². The van der Waals surface area contributed by atoms with Crippen LogP contribution in [0.25, 0.3) is 0 Å². The van der Waals surface area contributed by atoms with Crippen molar-refractivity contribution < 1.29 is 15.0 Å². The molecular formula is C14H20N2O3. The number of aromatic nitrogens is 1. The van der Waals surface area contributed by atoms with Crippen molar-refractivity contribution in [1.29, 1.82) is 0 Å². The van der Waals surface area contributed by atoms with Crippen LogP contribution in [0.3, 0.4) is 0 Å². The molecule has 0 radical (unpaired) electrons. The molecule has 19 heavy (non-hydrogen) atoms. The molecule has 1 aliphatic rings. The first-order valence-electron chi connectivity index (χ1n) is 6.75. The van der Waals surface area contributed by atoms with Crippen molar-refractivity contribution in [2.24, 2.45) is 11.8 Å². The fraction of sp³-hybridized carbons (Fsp3) is 0.571.